The number of imidazole rings is 1. The van der Waals surface area contributed by atoms with Crippen molar-refractivity contribution in [2.75, 3.05) is 0 Å². The number of carbonyl (C=O) groups excluding carboxylic acids is 2. The summed E-state index contributed by atoms with van der Waals surface area (Å²) in [4.78, 5) is 35.7. The van der Waals surface area contributed by atoms with Gasteiger partial charge in [0.2, 0.25) is 11.8 Å². The minimum atomic E-state index is -0.934. The first-order valence-electron chi connectivity index (χ1n) is 6.65. The number of aromatic nitrogens is 2. The highest BCUT2D eigenvalue weighted by Crippen LogP contribution is 2.26. The summed E-state index contributed by atoms with van der Waals surface area (Å²) in [5.74, 6) is 0.472. The maximum atomic E-state index is 14.6. The lowest BCUT2D eigenvalue weighted by Crippen LogP contribution is -2.44. The van der Waals surface area contributed by atoms with Crippen LogP contribution in [-0.2, 0) is 16.6 Å². The molecule has 2 heterocycles. The molecule has 7 heteroatoms. The molecule has 2 aromatic rings. The van der Waals surface area contributed by atoms with Gasteiger partial charge in [-0.3, -0.25) is 24.0 Å². The highest BCUT2D eigenvalue weighted by atomic mass is 19.1. The van der Waals surface area contributed by atoms with Crippen LogP contribution in [0.15, 0.2) is 16.9 Å². The van der Waals surface area contributed by atoms with E-state index in [-0.39, 0.29) is 23.9 Å². The molecule has 1 N–H and O–H groups in total. The van der Waals surface area contributed by atoms with Crippen LogP contribution in [0.5, 0.6) is 0 Å². The number of benzene rings is 1. The van der Waals surface area contributed by atoms with Crippen molar-refractivity contribution in [1.29, 1.82) is 0 Å². The highest BCUT2D eigenvalue weighted by Gasteiger charge is 2.32. The molecule has 2 amide bonds. The lowest BCUT2D eigenvalue weighted by molar-refractivity contribution is -0.135. The Balaban J connectivity index is 2.32. The quantitative estimate of drug-likeness (QED) is 0.613. The van der Waals surface area contributed by atoms with Gasteiger partial charge in [-0.1, -0.05) is 5.92 Å². The summed E-state index contributed by atoms with van der Waals surface area (Å²) in [6, 6.07) is 2.01. The Labute approximate surface area is 124 Å². The molecular formula is C15H12FN3O3. The van der Waals surface area contributed by atoms with Crippen molar-refractivity contribution < 1.29 is 14.0 Å². The van der Waals surface area contributed by atoms with Gasteiger partial charge in [0, 0.05) is 13.5 Å². The summed E-state index contributed by atoms with van der Waals surface area (Å²) in [6.45, 7) is 0. The Morgan fingerprint density at radius 1 is 1.36 bits per heavy atom. The molecule has 0 bridgehead atoms. The number of terminal acetylenes is 1. The number of fused-ring (bicyclic) bond motifs is 1. The van der Waals surface area contributed by atoms with Crippen molar-refractivity contribution in [2.24, 2.45) is 7.05 Å². The highest BCUT2D eigenvalue weighted by molar-refractivity contribution is 6.00. The van der Waals surface area contributed by atoms with Gasteiger partial charge in [0.15, 0.2) is 5.82 Å². The third kappa shape index (κ3) is 1.84. The molecule has 1 aromatic heterocycles. The molecule has 1 fully saturated rings. The third-order valence-corrected chi connectivity index (χ3v) is 3.87. The van der Waals surface area contributed by atoms with Crippen LogP contribution in [0, 0.1) is 18.2 Å². The first kappa shape index (κ1) is 14.1. The molecule has 1 unspecified atom stereocenters. The number of aryl methyl sites for hydroxylation is 1. The third-order valence-electron chi connectivity index (χ3n) is 3.87. The average Bonchev–Trinajstić information content (AvgIpc) is 2.73. The van der Waals surface area contributed by atoms with Gasteiger partial charge in [-0.05, 0) is 18.6 Å². The standard InChI is InChI=1S/C15H12FN3O3/c1-3-8-4-5-9-13(12(8)16)19(15(22)18(9)2)10-6-7-11(20)17-14(10)21/h1,4-5,10H,6-7H2,2H3,(H,17,20,21). The van der Waals surface area contributed by atoms with Gasteiger partial charge in [-0.25, -0.2) is 9.18 Å². The molecule has 1 aliphatic rings. The molecule has 0 saturated carbocycles. The molecule has 0 aliphatic carbocycles. The molecule has 1 aliphatic heterocycles. The lowest BCUT2D eigenvalue weighted by Gasteiger charge is -2.22. The number of nitrogens with one attached hydrogen (secondary N) is 1. The number of amides is 2. The maximum absolute atomic E-state index is 14.6. The largest absolute Gasteiger partial charge is 0.329 e. The molecular weight excluding hydrogens is 289 g/mol. The summed E-state index contributed by atoms with van der Waals surface area (Å²) in [5, 5.41) is 2.17. The second kappa shape index (κ2) is 4.84. The topological polar surface area (TPSA) is 73.1 Å². The van der Waals surface area contributed by atoms with Crippen LogP contribution in [0.25, 0.3) is 11.0 Å². The maximum Gasteiger partial charge on any atom is 0.329 e. The van der Waals surface area contributed by atoms with Gasteiger partial charge in [0.1, 0.15) is 11.6 Å². The Bertz CT molecular complexity index is 917. The molecule has 3 rings (SSSR count). The van der Waals surface area contributed by atoms with Crippen LogP contribution < -0.4 is 11.0 Å². The number of nitrogens with zero attached hydrogens (tertiary/aromatic N) is 2. The van der Waals surface area contributed by atoms with Crippen molar-refractivity contribution in [3.05, 3.63) is 34.0 Å². The summed E-state index contributed by atoms with van der Waals surface area (Å²) in [6.07, 6.45) is 5.49. The summed E-state index contributed by atoms with van der Waals surface area (Å²) in [7, 11) is 1.49. The Morgan fingerprint density at radius 3 is 2.73 bits per heavy atom. The Hall–Kier alpha value is -2.88. The monoisotopic (exact) mass is 301 g/mol. The van der Waals surface area contributed by atoms with Crippen LogP contribution in [0.3, 0.4) is 0 Å². The van der Waals surface area contributed by atoms with Crippen molar-refractivity contribution in [3.63, 3.8) is 0 Å². The minimum Gasteiger partial charge on any atom is -0.295 e. The summed E-state index contributed by atoms with van der Waals surface area (Å²) in [5.41, 5.74) is -0.194. The Morgan fingerprint density at radius 2 is 2.09 bits per heavy atom. The van der Waals surface area contributed by atoms with E-state index in [0.29, 0.717) is 5.52 Å². The van der Waals surface area contributed by atoms with E-state index in [9.17, 15) is 18.8 Å². The average molecular weight is 301 g/mol. The number of halogens is 1. The van der Waals surface area contributed by atoms with E-state index in [1.165, 1.54) is 23.7 Å². The van der Waals surface area contributed by atoms with Gasteiger partial charge >= 0.3 is 5.69 Å². The predicted molar refractivity (Wildman–Crippen MR) is 76.5 cm³/mol. The molecule has 112 valence electrons. The predicted octanol–water partition coefficient (Wildman–Crippen LogP) is 0.438. The van der Waals surface area contributed by atoms with Gasteiger partial charge < -0.3 is 0 Å². The molecule has 1 aromatic carbocycles. The summed E-state index contributed by atoms with van der Waals surface area (Å²) < 4.78 is 16.9. The zero-order valence-electron chi connectivity index (χ0n) is 11.7. The minimum absolute atomic E-state index is 0.0131. The number of hydrogen-bond donors (Lipinski definition) is 1. The molecule has 0 spiro atoms. The fourth-order valence-corrected chi connectivity index (χ4v) is 2.74. The van der Waals surface area contributed by atoms with Crippen molar-refractivity contribution in [1.82, 2.24) is 14.5 Å². The van der Waals surface area contributed by atoms with Crippen molar-refractivity contribution in [2.45, 2.75) is 18.9 Å². The number of piperidine rings is 1. The fraction of sp³-hybridized carbons (Fsp3) is 0.267. The van der Waals surface area contributed by atoms with Crippen LogP contribution in [0.2, 0.25) is 0 Å². The zero-order chi connectivity index (χ0) is 16.0. The van der Waals surface area contributed by atoms with Crippen molar-refractivity contribution >= 4 is 22.8 Å². The van der Waals surface area contributed by atoms with Gasteiger partial charge in [-0.2, -0.15) is 0 Å². The lowest BCUT2D eigenvalue weighted by atomic mass is 10.1. The van der Waals surface area contributed by atoms with Gasteiger partial charge in [0.25, 0.3) is 0 Å². The first-order chi connectivity index (χ1) is 10.5. The Kier molecular flexibility index (Phi) is 3.10. The van der Waals surface area contributed by atoms with Gasteiger partial charge in [0.05, 0.1) is 11.1 Å². The number of hydrogen-bond acceptors (Lipinski definition) is 3. The SMILES string of the molecule is C#Cc1ccc2c(c1F)n(C1CCC(=O)NC1=O)c(=O)n2C. The van der Waals surface area contributed by atoms with E-state index in [0.717, 1.165) is 4.57 Å². The normalized spacial score (nSPS) is 18.3. The smallest absolute Gasteiger partial charge is 0.295 e. The zero-order valence-corrected chi connectivity index (χ0v) is 11.7. The molecule has 6 nitrogen and oxygen atoms in total. The summed E-state index contributed by atoms with van der Waals surface area (Å²) >= 11 is 0. The van der Waals surface area contributed by atoms with E-state index < -0.39 is 29.4 Å². The van der Waals surface area contributed by atoms with E-state index in [4.69, 9.17) is 6.42 Å². The van der Waals surface area contributed by atoms with E-state index >= 15 is 0 Å². The van der Waals surface area contributed by atoms with Crippen LogP contribution in [0.1, 0.15) is 24.4 Å². The molecule has 0 radical (unpaired) electrons. The van der Waals surface area contributed by atoms with Crippen LogP contribution in [0.4, 0.5) is 4.39 Å². The number of imide groups is 1. The number of carbonyl (C=O) groups is 2. The number of rotatable bonds is 1. The van der Waals surface area contributed by atoms with Crippen LogP contribution in [-0.4, -0.2) is 20.9 Å². The second-order valence-electron chi connectivity index (χ2n) is 5.12. The second-order valence-corrected chi connectivity index (χ2v) is 5.12. The first-order valence-corrected chi connectivity index (χ1v) is 6.65. The van der Waals surface area contributed by atoms with Crippen LogP contribution >= 0.6 is 0 Å². The molecule has 22 heavy (non-hydrogen) atoms. The van der Waals surface area contributed by atoms with E-state index in [1.807, 2.05) is 0 Å². The van der Waals surface area contributed by atoms with E-state index in [1.54, 1.807) is 0 Å². The van der Waals surface area contributed by atoms with Crippen molar-refractivity contribution in [3.8, 4) is 12.3 Å². The molecule has 1 saturated heterocycles. The fourth-order valence-electron chi connectivity index (χ4n) is 2.74. The van der Waals surface area contributed by atoms with E-state index in [2.05, 4.69) is 11.2 Å². The molecule has 1 atom stereocenters. The van der Waals surface area contributed by atoms with Gasteiger partial charge in [-0.15, -0.1) is 6.42 Å².